The highest BCUT2D eigenvalue weighted by atomic mass is 15.2. The van der Waals surface area contributed by atoms with Gasteiger partial charge in [-0.1, -0.05) is 127 Å². The van der Waals surface area contributed by atoms with Gasteiger partial charge in [0.1, 0.15) is 0 Å². The van der Waals surface area contributed by atoms with E-state index >= 15 is 0 Å². The summed E-state index contributed by atoms with van der Waals surface area (Å²) < 4.78 is 4.69. The lowest BCUT2D eigenvalue weighted by Gasteiger charge is -2.13. The minimum absolute atomic E-state index is 0.662. The van der Waals surface area contributed by atoms with E-state index in [-0.39, 0.29) is 0 Å². The van der Waals surface area contributed by atoms with Crippen molar-refractivity contribution in [1.29, 1.82) is 0 Å². The van der Waals surface area contributed by atoms with Gasteiger partial charge in [-0.3, -0.25) is 4.57 Å². The Hall–Kier alpha value is -6.78. The molecule has 0 aliphatic carbocycles. The monoisotopic (exact) mass is 636 g/mol. The van der Waals surface area contributed by atoms with Crippen LogP contribution >= 0.6 is 0 Å². The highest BCUT2D eigenvalue weighted by Crippen LogP contribution is 2.43. The van der Waals surface area contributed by atoms with Gasteiger partial charge in [0.05, 0.1) is 39.0 Å². The first-order chi connectivity index (χ1) is 24.8. The zero-order chi connectivity index (χ0) is 32.8. The van der Waals surface area contributed by atoms with Crippen molar-refractivity contribution >= 4 is 76.1 Å². The van der Waals surface area contributed by atoms with Crippen molar-refractivity contribution in [2.75, 3.05) is 0 Å². The van der Waals surface area contributed by atoms with Crippen molar-refractivity contribution < 1.29 is 0 Å². The van der Waals surface area contributed by atoms with E-state index in [1.54, 1.807) is 0 Å². The first-order valence-corrected chi connectivity index (χ1v) is 17.0. The van der Waals surface area contributed by atoms with E-state index in [1.807, 2.05) is 0 Å². The third kappa shape index (κ3) is 3.81. The molecule has 0 unspecified atom stereocenters. The Balaban J connectivity index is 1.25. The Morgan fingerprint density at radius 3 is 1.72 bits per heavy atom. The fourth-order valence-corrected chi connectivity index (χ4v) is 8.12. The zero-order valence-corrected chi connectivity index (χ0v) is 27.0. The molecule has 0 amide bonds. The van der Waals surface area contributed by atoms with E-state index in [2.05, 4.69) is 179 Å². The summed E-state index contributed by atoms with van der Waals surface area (Å²) in [5.41, 5.74) is 8.62. The smallest absolute Gasteiger partial charge is 0.235 e. The van der Waals surface area contributed by atoms with E-state index in [0.29, 0.717) is 5.95 Å². The molecule has 0 atom stereocenters. The van der Waals surface area contributed by atoms with Gasteiger partial charge in [0.2, 0.25) is 5.95 Å². The predicted molar refractivity (Wildman–Crippen MR) is 209 cm³/mol. The molecule has 4 nitrogen and oxygen atoms in total. The van der Waals surface area contributed by atoms with E-state index in [4.69, 9.17) is 9.97 Å². The quantitative estimate of drug-likeness (QED) is 0.193. The summed E-state index contributed by atoms with van der Waals surface area (Å²) in [5.74, 6) is 0.662. The van der Waals surface area contributed by atoms with Crippen LogP contribution in [-0.2, 0) is 0 Å². The molecule has 0 radical (unpaired) electrons. The Kier molecular flexibility index (Phi) is 5.63. The molecule has 0 saturated carbocycles. The van der Waals surface area contributed by atoms with Gasteiger partial charge in [-0.25, -0.2) is 9.97 Å². The standard InChI is InChI=1S/C46H28N4/c1-2-14-31-28-32(25-24-29(31)12-1)45-34-17-5-8-20-37(34)47-46(48-45)50-40-22-10-7-19-36(40)44-42(50)27-26-41-43(44)35-18-6-9-21-39(35)49(41)38-23-11-15-30-13-3-4-16-33(30)38/h1-28H. The normalized spacial score (nSPS) is 12.0. The van der Waals surface area contributed by atoms with Crippen LogP contribution in [0.4, 0.5) is 0 Å². The second-order valence-corrected chi connectivity index (χ2v) is 13.0. The Bertz CT molecular complexity index is 3160. The molecule has 0 fully saturated rings. The summed E-state index contributed by atoms with van der Waals surface area (Å²) in [7, 11) is 0. The molecule has 4 heteroatoms. The summed E-state index contributed by atoms with van der Waals surface area (Å²) in [6.07, 6.45) is 0. The second-order valence-electron chi connectivity index (χ2n) is 13.0. The minimum Gasteiger partial charge on any atom is -0.309 e. The number of hydrogen-bond donors (Lipinski definition) is 0. The predicted octanol–water partition coefficient (Wildman–Crippen LogP) is 11.8. The lowest BCUT2D eigenvalue weighted by atomic mass is 10.0. The maximum atomic E-state index is 5.40. The highest BCUT2D eigenvalue weighted by Gasteiger charge is 2.22. The van der Waals surface area contributed by atoms with Gasteiger partial charge in [0.15, 0.2) is 0 Å². The highest BCUT2D eigenvalue weighted by molar-refractivity contribution is 6.29. The van der Waals surface area contributed by atoms with Gasteiger partial charge in [-0.15, -0.1) is 0 Å². The van der Waals surface area contributed by atoms with E-state index in [0.717, 1.165) is 33.2 Å². The number of nitrogens with zero attached hydrogens (tertiary/aromatic N) is 4. The SMILES string of the molecule is c1ccc2cc(-c3nc(-n4c5ccccc5c5c6c7ccccc7n(-c7cccc8ccccc78)c6ccc54)nc4ccccc34)ccc2c1. The average Bonchev–Trinajstić information content (AvgIpc) is 3.70. The Morgan fingerprint density at radius 2 is 0.940 bits per heavy atom. The molecule has 232 valence electrons. The van der Waals surface area contributed by atoms with Gasteiger partial charge >= 0.3 is 0 Å². The fraction of sp³-hybridized carbons (Fsp3) is 0. The first kappa shape index (κ1) is 27.2. The molecule has 0 aliphatic rings. The van der Waals surface area contributed by atoms with E-state index in [1.165, 1.54) is 59.8 Å². The van der Waals surface area contributed by atoms with Crippen molar-refractivity contribution in [2.45, 2.75) is 0 Å². The van der Waals surface area contributed by atoms with Gasteiger partial charge in [0.25, 0.3) is 0 Å². The second kappa shape index (κ2) is 10.4. The van der Waals surface area contributed by atoms with Crippen LogP contribution in [0.5, 0.6) is 0 Å². The van der Waals surface area contributed by atoms with Crippen LogP contribution in [0.25, 0.3) is 99.0 Å². The van der Waals surface area contributed by atoms with Crippen LogP contribution in [0.3, 0.4) is 0 Å². The number of fused-ring (bicyclic) bond motifs is 10. The molecule has 0 saturated heterocycles. The molecule has 0 N–H and O–H groups in total. The lowest BCUT2D eigenvalue weighted by Crippen LogP contribution is -2.03. The lowest BCUT2D eigenvalue weighted by molar-refractivity contribution is 1.01. The van der Waals surface area contributed by atoms with Crippen LogP contribution in [0.2, 0.25) is 0 Å². The van der Waals surface area contributed by atoms with Crippen LogP contribution in [0.1, 0.15) is 0 Å². The zero-order valence-electron chi connectivity index (χ0n) is 27.0. The summed E-state index contributed by atoms with van der Waals surface area (Å²) in [6, 6.07) is 60.7. The third-order valence-corrected chi connectivity index (χ3v) is 10.3. The summed E-state index contributed by atoms with van der Waals surface area (Å²) in [5, 5.41) is 10.7. The van der Waals surface area contributed by atoms with Crippen molar-refractivity contribution in [1.82, 2.24) is 19.1 Å². The van der Waals surface area contributed by atoms with Crippen LogP contribution in [0.15, 0.2) is 170 Å². The molecule has 0 bridgehead atoms. The molecule has 11 rings (SSSR count). The van der Waals surface area contributed by atoms with Crippen LogP contribution in [-0.4, -0.2) is 19.1 Å². The van der Waals surface area contributed by atoms with E-state index in [9.17, 15) is 0 Å². The molecule has 0 spiro atoms. The fourth-order valence-electron chi connectivity index (χ4n) is 8.12. The van der Waals surface area contributed by atoms with Gasteiger partial charge in [0, 0.05) is 37.9 Å². The number of hydrogen-bond acceptors (Lipinski definition) is 2. The van der Waals surface area contributed by atoms with Crippen molar-refractivity contribution in [3.8, 4) is 22.9 Å². The molecule has 3 aromatic heterocycles. The minimum atomic E-state index is 0.662. The van der Waals surface area contributed by atoms with Crippen LogP contribution in [0, 0.1) is 0 Å². The van der Waals surface area contributed by atoms with Crippen molar-refractivity contribution in [3.63, 3.8) is 0 Å². The van der Waals surface area contributed by atoms with E-state index < -0.39 is 0 Å². The summed E-state index contributed by atoms with van der Waals surface area (Å²) in [4.78, 5) is 10.6. The Labute approximate surface area is 287 Å². The maximum absolute atomic E-state index is 5.40. The molecule has 50 heavy (non-hydrogen) atoms. The number of benzene rings is 8. The largest absolute Gasteiger partial charge is 0.309 e. The molecular formula is C46H28N4. The topological polar surface area (TPSA) is 35.6 Å². The number of rotatable bonds is 3. The summed E-state index contributed by atoms with van der Waals surface area (Å²) in [6.45, 7) is 0. The molecular weight excluding hydrogens is 609 g/mol. The Morgan fingerprint density at radius 1 is 0.360 bits per heavy atom. The maximum Gasteiger partial charge on any atom is 0.235 e. The molecule has 8 aromatic carbocycles. The van der Waals surface area contributed by atoms with Gasteiger partial charge in [-0.2, -0.15) is 0 Å². The van der Waals surface area contributed by atoms with Crippen molar-refractivity contribution in [3.05, 3.63) is 170 Å². The molecule has 11 aromatic rings. The summed E-state index contributed by atoms with van der Waals surface area (Å²) >= 11 is 0. The van der Waals surface area contributed by atoms with Crippen molar-refractivity contribution in [2.24, 2.45) is 0 Å². The molecule has 0 aliphatic heterocycles. The molecule has 3 heterocycles. The third-order valence-electron chi connectivity index (χ3n) is 10.3. The van der Waals surface area contributed by atoms with Crippen LogP contribution < -0.4 is 0 Å². The van der Waals surface area contributed by atoms with Gasteiger partial charge < -0.3 is 4.57 Å². The average molecular weight is 637 g/mol. The first-order valence-electron chi connectivity index (χ1n) is 17.0. The number of aromatic nitrogens is 4. The number of para-hydroxylation sites is 3. The van der Waals surface area contributed by atoms with Gasteiger partial charge in [-0.05, 0) is 58.6 Å².